The summed E-state index contributed by atoms with van der Waals surface area (Å²) >= 11 is 0. The molecule has 0 aliphatic heterocycles. The van der Waals surface area contributed by atoms with Gasteiger partial charge in [0.2, 0.25) is 0 Å². The predicted molar refractivity (Wildman–Crippen MR) is 54.5 cm³/mol. The molecule has 0 fully saturated rings. The molecular formula is C9H11N5O. The van der Waals surface area contributed by atoms with Crippen molar-refractivity contribution in [1.29, 1.82) is 0 Å². The van der Waals surface area contributed by atoms with Crippen molar-refractivity contribution in [2.45, 2.75) is 6.92 Å². The van der Waals surface area contributed by atoms with Crippen LogP contribution in [0.15, 0.2) is 18.5 Å². The van der Waals surface area contributed by atoms with Crippen molar-refractivity contribution in [3.8, 4) is 0 Å². The van der Waals surface area contributed by atoms with Crippen LogP contribution in [0.3, 0.4) is 0 Å². The number of aromatic nitrogens is 4. The molecule has 15 heavy (non-hydrogen) atoms. The van der Waals surface area contributed by atoms with E-state index >= 15 is 0 Å². The first-order chi connectivity index (χ1) is 7.16. The Balaban J connectivity index is 2.14. The first-order valence-corrected chi connectivity index (χ1v) is 4.48. The molecule has 2 aromatic heterocycles. The fourth-order valence-electron chi connectivity index (χ4n) is 1.25. The second-order valence-electron chi connectivity index (χ2n) is 3.24. The van der Waals surface area contributed by atoms with Crippen LogP contribution in [0.5, 0.6) is 0 Å². The van der Waals surface area contributed by atoms with Crippen molar-refractivity contribution in [3.63, 3.8) is 0 Å². The lowest BCUT2D eigenvalue weighted by Crippen LogP contribution is -2.12. The Labute approximate surface area is 86.3 Å². The van der Waals surface area contributed by atoms with Crippen molar-refractivity contribution in [2.24, 2.45) is 7.05 Å². The van der Waals surface area contributed by atoms with Crippen LogP contribution in [0.1, 0.15) is 16.1 Å². The number of H-pyrrole nitrogens is 1. The second kappa shape index (κ2) is 3.56. The number of carbonyl (C=O) groups is 1. The van der Waals surface area contributed by atoms with Crippen LogP contribution in [0.25, 0.3) is 0 Å². The lowest BCUT2D eigenvalue weighted by Gasteiger charge is -1.99. The van der Waals surface area contributed by atoms with E-state index in [1.807, 2.05) is 0 Å². The minimum atomic E-state index is -0.208. The summed E-state index contributed by atoms with van der Waals surface area (Å²) in [5, 5.41) is 13.2. The lowest BCUT2D eigenvalue weighted by atomic mass is 10.2. The number of aryl methyl sites for hydroxylation is 2. The van der Waals surface area contributed by atoms with Crippen molar-refractivity contribution >= 4 is 11.7 Å². The first kappa shape index (κ1) is 9.45. The van der Waals surface area contributed by atoms with Crippen LogP contribution < -0.4 is 5.32 Å². The zero-order chi connectivity index (χ0) is 10.8. The first-order valence-electron chi connectivity index (χ1n) is 4.48. The Morgan fingerprint density at radius 3 is 2.93 bits per heavy atom. The van der Waals surface area contributed by atoms with Crippen LogP contribution in [0.4, 0.5) is 5.82 Å². The van der Waals surface area contributed by atoms with Crippen LogP contribution in [-0.2, 0) is 7.05 Å². The van der Waals surface area contributed by atoms with Gasteiger partial charge in [0.1, 0.15) is 0 Å². The van der Waals surface area contributed by atoms with Crippen LogP contribution >= 0.6 is 0 Å². The number of amides is 1. The van der Waals surface area contributed by atoms with Crippen LogP contribution in [-0.4, -0.2) is 25.9 Å². The van der Waals surface area contributed by atoms with Crippen LogP contribution in [0, 0.1) is 6.92 Å². The van der Waals surface area contributed by atoms with Gasteiger partial charge in [-0.3, -0.25) is 14.6 Å². The molecule has 0 aromatic carbocycles. The maximum atomic E-state index is 11.7. The highest BCUT2D eigenvalue weighted by Crippen LogP contribution is 2.07. The fourth-order valence-corrected chi connectivity index (χ4v) is 1.25. The van der Waals surface area contributed by atoms with E-state index in [-0.39, 0.29) is 5.91 Å². The molecule has 0 unspecified atom stereocenters. The Morgan fingerprint density at radius 2 is 2.40 bits per heavy atom. The minimum absolute atomic E-state index is 0.208. The molecule has 1 amide bonds. The van der Waals surface area contributed by atoms with Gasteiger partial charge in [-0.25, -0.2) is 0 Å². The zero-order valence-corrected chi connectivity index (χ0v) is 8.48. The molecule has 2 aromatic rings. The number of rotatable bonds is 2. The molecule has 78 valence electrons. The number of nitrogens with one attached hydrogen (secondary N) is 2. The molecule has 0 aliphatic carbocycles. The molecule has 0 bridgehead atoms. The summed E-state index contributed by atoms with van der Waals surface area (Å²) in [5.41, 5.74) is 1.27. The number of anilines is 1. The normalized spacial score (nSPS) is 10.3. The number of carbonyl (C=O) groups excluding carboxylic acids is 1. The summed E-state index contributed by atoms with van der Waals surface area (Å²) in [4.78, 5) is 11.7. The minimum Gasteiger partial charge on any atom is -0.305 e. The van der Waals surface area contributed by atoms with Gasteiger partial charge in [-0.2, -0.15) is 10.2 Å². The molecule has 2 heterocycles. The molecule has 0 aliphatic rings. The number of hydrogen-bond acceptors (Lipinski definition) is 3. The van der Waals surface area contributed by atoms with Gasteiger partial charge in [-0.05, 0) is 6.92 Å². The van der Waals surface area contributed by atoms with E-state index in [1.54, 1.807) is 30.9 Å². The highest BCUT2D eigenvalue weighted by atomic mass is 16.1. The van der Waals surface area contributed by atoms with Crippen molar-refractivity contribution in [2.75, 3.05) is 5.32 Å². The summed E-state index contributed by atoms with van der Waals surface area (Å²) < 4.78 is 1.62. The summed E-state index contributed by atoms with van der Waals surface area (Å²) in [5.74, 6) is 0.322. The van der Waals surface area contributed by atoms with Gasteiger partial charge < -0.3 is 5.32 Å². The van der Waals surface area contributed by atoms with Gasteiger partial charge in [0.15, 0.2) is 5.82 Å². The molecule has 0 saturated heterocycles. The van der Waals surface area contributed by atoms with E-state index in [4.69, 9.17) is 0 Å². The van der Waals surface area contributed by atoms with E-state index in [0.717, 1.165) is 5.69 Å². The Morgan fingerprint density at radius 1 is 1.60 bits per heavy atom. The Bertz CT molecular complexity index is 484. The summed E-state index contributed by atoms with van der Waals surface area (Å²) in [7, 11) is 1.79. The van der Waals surface area contributed by atoms with Gasteiger partial charge in [0.05, 0.1) is 11.8 Å². The Hall–Kier alpha value is -2.11. The standard InChI is InChI=1S/C9H11N5O/c1-6-7(5-10-12-6)9(15)11-8-3-4-14(2)13-8/h3-5H,1-2H3,(H,10,12)(H,11,13,15). The van der Waals surface area contributed by atoms with Gasteiger partial charge in [-0.15, -0.1) is 0 Å². The second-order valence-corrected chi connectivity index (χ2v) is 3.24. The van der Waals surface area contributed by atoms with Crippen molar-refractivity contribution in [1.82, 2.24) is 20.0 Å². The average molecular weight is 205 g/mol. The topological polar surface area (TPSA) is 75.6 Å². The summed E-state index contributed by atoms with van der Waals surface area (Å²) in [6.07, 6.45) is 3.26. The van der Waals surface area contributed by atoms with Gasteiger partial charge >= 0.3 is 0 Å². The maximum absolute atomic E-state index is 11.7. The third kappa shape index (κ3) is 1.88. The molecule has 2 N–H and O–H groups in total. The van der Waals surface area contributed by atoms with Gasteiger partial charge in [-0.1, -0.05) is 0 Å². The zero-order valence-electron chi connectivity index (χ0n) is 8.48. The average Bonchev–Trinajstić information content (AvgIpc) is 2.75. The molecule has 0 spiro atoms. The summed E-state index contributed by atoms with van der Waals surface area (Å²) in [6.45, 7) is 1.79. The van der Waals surface area contributed by atoms with Crippen LogP contribution in [0.2, 0.25) is 0 Å². The molecule has 0 atom stereocenters. The predicted octanol–water partition coefficient (Wildman–Crippen LogP) is 0.704. The van der Waals surface area contributed by atoms with E-state index in [9.17, 15) is 4.79 Å². The largest absolute Gasteiger partial charge is 0.305 e. The molecule has 0 radical (unpaired) electrons. The quantitative estimate of drug-likeness (QED) is 0.757. The lowest BCUT2D eigenvalue weighted by molar-refractivity contribution is 0.102. The molecule has 6 nitrogen and oxygen atoms in total. The number of nitrogens with zero attached hydrogens (tertiary/aromatic N) is 3. The van der Waals surface area contributed by atoms with Crippen molar-refractivity contribution < 1.29 is 4.79 Å². The Kier molecular flexibility index (Phi) is 2.24. The maximum Gasteiger partial charge on any atom is 0.260 e. The van der Waals surface area contributed by atoms with Gasteiger partial charge in [0, 0.05) is 25.0 Å². The third-order valence-electron chi connectivity index (χ3n) is 2.03. The SMILES string of the molecule is Cc1[nH]ncc1C(=O)Nc1ccn(C)n1. The highest BCUT2D eigenvalue weighted by molar-refractivity contribution is 6.04. The summed E-state index contributed by atoms with van der Waals surface area (Å²) in [6, 6.07) is 1.73. The highest BCUT2D eigenvalue weighted by Gasteiger charge is 2.11. The molecule has 6 heteroatoms. The number of hydrogen-bond donors (Lipinski definition) is 2. The van der Waals surface area contributed by atoms with E-state index in [2.05, 4.69) is 20.6 Å². The molecule has 2 rings (SSSR count). The van der Waals surface area contributed by atoms with E-state index < -0.39 is 0 Å². The van der Waals surface area contributed by atoms with Gasteiger partial charge in [0.25, 0.3) is 5.91 Å². The molecule has 0 saturated carbocycles. The smallest absolute Gasteiger partial charge is 0.260 e. The third-order valence-corrected chi connectivity index (χ3v) is 2.03. The number of aromatic amines is 1. The monoisotopic (exact) mass is 205 g/mol. The molecular weight excluding hydrogens is 194 g/mol. The van der Waals surface area contributed by atoms with E-state index in [0.29, 0.717) is 11.4 Å². The fraction of sp³-hybridized carbons (Fsp3) is 0.222. The van der Waals surface area contributed by atoms with Crippen molar-refractivity contribution in [3.05, 3.63) is 29.7 Å². The van der Waals surface area contributed by atoms with E-state index in [1.165, 1.54) is 6.20 Å².